The molecule has 15 heavy (non-hydrogen) atoms. The van der Waals surface area contributed by atoms with Gasteiger partial charge in [-0.2, -0.15) is 0 Å². The zero-order valence-electron chi connectivity index (χ0n) is 8.98. The van der Waals surface area contributed by atoms with Crippen molar-refractivity contribution in [3.63, 3.8) is 0 Å². The Hall–Kier alpha value is -0.900. The normalized spacial score (nSPS) is 10.2. The van der Waals surface area contributed by atoms with Gasteiger partial charge in [0, 0.05) is 11.9 Å². The van der Waals surface area contributed by atoms with Crippen LogP contribution < -0.4 is 0 Å². The highest BCUT2D eigenvalue weighted by Gasteiger charge is 1.98. The topological polar surface area (TPSA) is 42.9 Å². The Bertz CT molecular complexity index is 304. The van der Waals surface area contributed by atoms with Gasteiger partial charge >= 0.3 is 0 Å². The molecular formula is C11H16N2OS. The van der Waals surface area contributed by atoms with Crippen LogP contribution in [0.3, 0.4) is 0 Å². The molecule has 0 N–H and O–H groups in total. The quantitative estimate of drug-likeness (QED) is 0.309. The van der Waals surface area contributed by atoms with Crippen LogP contribution in [0, 0.1) is 0 Å². The van der Waals surface area contributed by atoms with Crippen molar-refractivity contribution in [1.82, 2.24) is 9.97 Å². The first-order chi connectivity index (χ1) is 7.36. The Morgan fingerprint density at radius 2 is 2.27 bits per heavy atom. The first-order valence-corrected chi connectivity index (χ1v) is 6.26. The molecule has 0 saturated heterocycles. The minimum absolute atomic E-state index is 0.459. The number of hydrogen-bond acceptors (Lipinski definition) is 4. The molecule has 1 heterocycles. The van der Waals surface area contributed by atoms with Crippen molar-refractivity contribution in [3.05, 3.63) is 18.0 Å². The molecule has 0 atom stereocenters. The number of aromatic nitrogens is 2. The average molecular weight is 224 g/mol. The van der Waals surface area contributed by atoms with Crippen LogP contribution in [-0.4, -0.2) is 22.0 Å². The SMILES string of the molecule is CCCCCCSc1nccc(C=O)n1. The second kappa shape index (κ2) is 7.40. The molecule has 3 nitrogen and oxygen atoms in total. The highest BCUT2D eigenvalue weighted by atomic mass is 32.2. The van der Waals surface area contributed by atoms with E-state index in [2.05, 4.69) is 16.9 Å². The van der Waals surface area contributed by atoms with Crippen LogP contribution in [0.5, 0.6) is 0 Å². The standard InChI is InChI=1S/C11H16N2OS/c1-2-3-4-5-8-15-11-12-7-6-10(9-14)13-11/h6-7,9H,2-5,8H2,1H3. The van der Waals surface area contributed by atoms with E-state index in [4.69, 9.17) is 0 Å². The smallest absolute Gasteiger partial charge is 0.188 e. The number of nitrogens with zero attached hydrogens (tertiary/aromatic N) is 2. The molecule has 0 amide bonds. The minimum Gasteiger partial charge on any atom is -0.296 e. The number of carbonyl (C=O) groups excluding carboxylic acids is 1. The number of carbonyl (C=O) groups is 1. The third-order valence-corrected chi connectivity index (χ3v) is 2.95. The zero-order valence-corrected chi connectivity index (χ0v) is 9.80. The molecule has 0 bridgehead atoms. The summed E-state index contributed by atoms with van der Waals surface area (Å²) in [5.41, 5.74) is 0.459. The van der Waals surface area contributed by atoms with Gasteiger partial charge in [0.05, 0.1) is 0 Å². The fourth-order valence-electron chi connectivity index (χ4n) is 1.18. The van der Waals surface area contributed by atoms with Gasteiger partial charge in [-0.15, -0.1) is 0 Å². The molecule has 0 aromatic carbocycles. The summed E-state index contributed by atoms with van der Waals surface area (Å²) < 4.78 is 0. The van der Waals surface area contributed by atoms with Crippen molar-refractivity contribution >= 4 is 18.0 Å². The van der Waals surface area contributed by atoms with Gasteiger partial charge in [0.1, 0.15) is 5.69 Å². The molecule has 0 saturated carbocycles. The van der Waals surface area contributed by atoms with Gasteiger partial charge in [-0.3, -0.25) is 4.79 Å². The van der Waals surface area contributed by atoms with Crippen molar-refractivity contribution in [2.45, 2.75) is 37.8 Å². The van der Waals surface area contributed by atoms with Crippen LogP contribution in [-0.2, 0) is 0 Å². The van der Waals surface area contributed by atoms with Crippen LogP contribution in [0.4, 0.5) is 0 Å². The molecule has 4 heteroatoms. The Morgan fingerprint density at radius 1 is 1.40 bits per heavy atom. The second-order valence-corrected chi connectivity index (χ2v) is 4.35. The number of unbranched alkanes of at least 4 members (excludes halogenated alkanes) is 3. The third kappa shape index (κ3) is 4.93. The van der Waals surface area contributed by atoms with Gasteiger partial charge in [0.2, 0.25) is 0 Å². The van der Waals surface area contributed by atoms with Crippen LogP contribution in [0.2, 0.25) is 0 Å². The maximum atomic E-state index is 10.5. The van der Waals surface area contributed by atoms with Crippen molar-refractivity contribution in [2.24, 2.45) is 0 Å². The van der Waals surface area contributed by atoms with E-state index in [9.17, 15) is 4.79 Å². The lowest BCUT2D eigenvalue weighted by Crippen LogP contribution is -1.92. The van der Waals surface area contributed by atoms with Gasteiger partial charge in [-0.25, -0.2) is 9.97 Å². The zero-order chi connectivity index (χ0) is 10.9. The number of rotatable bonds is 7. The molecule has 0 spiro atoms. The second-order valence-electron chi connectivity index (χ2n) is 3.29. The Kier molecular flexibility index (Phi) is 6.00. The molecule has 1 aromatic heterocycles. The fourth-order valence-corrected chi connectivity index (χ4v) is 2.02. The summed E-state index contributed by atoms with van der Waals surface area (Å²) in [5.74, 6) is 1.03. The number of aldehydes is 1. The first kappa shape index (κ1) is 12.2. The van der Waals surface area contributed by atoms with Crippen LogP contribution in [0.1, 0.15) is 43.1 Å². The van der Waals surface area contributed by atoms with Crippen molar-refractivity contribution in [1.29, 1.82) is 0 Å². The van der Waals surface area contributed by atoms with E-state index in [0.29, 0.717) is 10.9 Å². The first-order valence-electron chi connectivity index (χ1n) is 5.28. The predicted octanol–water partition coefficient (Wildman–Crippen LogP) is 2.96. The average Bonchev–Trinajstić information content (AvgIpc) is 2.29. The van der Waals surface area contributed by atoms with E-state index in [1.165, 1.54) is 25.7 Å². The van der Waals surface area contributed by atoms with Gasteiger partial charge in [-0.05, 0) is 12.5 Å². The fraction of sp³-hybridized carbons (Fsp3) is 0.545. The van der Waals surface area contributed by atoms with Gasteiger partial charge in [0.25, 0.3) is 0 Å². The van der Waals surface area contributed by atoms with E-state index in [1.54, 1.807) is 24.0 Å². The largest absolute Gasteiger partial charge is 0.296 e. The Morgan fingerprint density at radius 3 is 3.00 bits per heavy atom. The molecule has 82 valence electrons. The molecule has 1 aromatic rings. The number of hydrogen-bond donors (Lipinski definition) is 0. The van der Waals surface area contributed by atoms with Gasteiger partial charge in [0.15, 0.2) is 11.4 Å². The molecule has 1 rings (SSSR count). The Labute approximate surface area is 94.7 Å². The summed E-state index contributed by atoms with van der Waals surface area (Å²) in [7, 11) is 0. The summed E-state index contributed by atoms with van der Waals surface area (Å²) in [4.78, 5) is 18.7. The van der Waals surface area contributed by atoms with E-state index in [1.807, 2.05) is 0 Å². The van der Waals surface area contributed by atoms with Crippen LogP contribution in [0.15, 0.2) is 17.4 Å². The molecule has 0 fully saturated rings. The molecule has 0 aliphatic rings. The minimum atomic E-state index is 0.459. The van der Waals surface area contributed by atoms with Crippen LogP contribution in [0.25, 0.3) is 0 Å². The monoisotopic (exact) mass is 224 g/mol. The van der Waals surface area contributed by atoms with E-state index in [0.717, 1.165) is 12.0 Å². The molecular weight excluding hydrogens is 208 g/mol. The van der Waals surface area contributed by atoms with Gasteiger partial charge < -0.3 is 0 Å². The van der Waals surface area contributed by atoms with Crippen molar-refractivity contribution in [2.75, 3.05) is 5.75 Å². The lowest BCUT2D eigenvalue weighted by atomic mass is 10.2. The summed E-state index contributed by atoms with van der Waals surface area (Å²) in [6, 6.07) is 1.62. The van der Waals surface area contributed by atoms with E-state index < -0.39 is 0 Å². The van der Waals surface area contributed by atoms with E-state index in [-0.39, 0.29) is 0 Å². The summed E-state index contributed by atoms with van der Waals surface area (Å²) >= 11 is 1.62. The Balaban J connectivity index is 2.27. The van der Waals surface area contributed by atoms with Gasteiger partial charge in [-0.1, -0.05) is 37.9 Å². The summed E-state index contributed by atoms with van der Waals surface area (Å²) in [6.07, 6.45) is 7.37. The summed E-state index contributed by atoms with van der Waals surface area (Å²) in [5, 5.41) is 0.705. The van der Waals surface area contributed by atoms with E-state index >= 15 is 0 Å². The molecule has 0 radical (unpaired) electrons. The molecule has 0 aliphatic carbocycles. The van der Waals surface area contributed by atoms with Crippen LogP contribution >= 0.6 is 11.8 Å². The highest BCUT2D eigenvalue weighted by molar-refractivity contribution is 7.99. The third-order valence-electron chi connectivity index (χ3n) is 2.00. The maximum Gasteiger partial charge on any atom is 0.188 e. The predicted molar refractivity (Wildman–Crippen MR) is 62.3 cm³/mol. The lowest BCUT2D eigenvalue weighted by molar-refractivity contribution is 0.111. The molecule has 0 unspecified atom stereocenters. The van der Waals surface area contributed by atoms with Crippen molar-refractivity contribution in [3.8, 4) is 0 Å². The van der Waals surface area contributed by atoms with Crippen molar-refractivity contribution < 1.29 is 4.79 Å². The number of thioether (sulfide) groups is 1. The maximum absolute atomic E-state index is 10.5. The lowest BCUT2D eigenvalue weighted by Gasteiger charge is -1.99. The summed E-state index contributed by atoms with van der Waals surface area (Å²) in [6.45, 7) is 2.20. The molecule has 0 aliphatic heterocycles. The highest BCUT2D eigenvalue weighted by Crippen LogP contribution is 2.14.